The summed E-state index contributed by atoms with van der Waals surface area (Å²) in [5, 5.41) is 0. The molecule has 0 radical (unpaired) electrons. The molecule has 0 atom stereocenters. The molecule has 198 valence electrons. The zero-order valence-electron chi connectivity index (χ0n) is 14.7. The van der Waals surface area contributed by atoms with Gasteiger partial charge < -0.3 is 0 Å². The quantitative estimate of drug-likeness (QED) is 0.331. The maximum Gasteiger partial charge on any atom is 0.458 e. The molecule has 0 fully saturated rings. The summed E-state index contributed by atoms with van der Waals surface area (Å²) in [5.74, 6) is -28.7. The minimum Gasteiger partial charge on any atom is -0.191 e. The number of hydrogen-bond donors (Lipinski definition) is 0. The first kappa shape index (κ1) is 29.9. The van der Waals surface area contributed by atoms with Crippen LogP contribution >= 0.6 is 0 Å². The Kier molecular flexibility index (Phi) is 6.72. The minimum atomic E-state index is -7.33. The molecule has 0 nitrogen and oxygen atoms in total. The highest BCUT2D eigenvalue weighted by molar-refractivity contribution is 5.48. The second kappa shape index (κ2) is 7.66. The lowest BCUT2D eigenvalue weighted by atomic mass is 9.86. The highest BCUT2D eigenvalue weighted by atomic mass is 19.4. The Morgan fingerprint density at radius 1 is 0.265 bits per heavy atom. The van der Waals surface area contributed by atoms with Crippen LogP contribution in [0.2, 0.25) is 0 Å². The van der Waals surface area contributed by atoms with E-state index < -0.39 is 82.8 Å². The third-order valence-corrected chi connectivity index (χ3v) is 3.93. The van der Waals surface area contributed by atoms with Gasteiger partial charge in [-0.2, -0.15) is 87.8 Å². The van der Waals surface area contributed by atoms with Gasteiger partial charge in [0.15, 0.2) is 0 Å². The number of hydrogen-bond acceptors (Lipinski definition) is 0. The van der Waals surface area contributed by atoms with E-state index in [1.54, 1.807) is 0 Å². The maximum absolute atomic E-state index is 13.6. The average molecular weight is 550 g/mol. The van der Waals surface area contributed by atoms with Crippen LogP contribution in [0.3, 0.4) is 0 Å². The van der Waals surface area contributed by atoms with Crippen LogP contribution in [0.4, 0.5) is 87.8 Å². The van der Waals surface area contributed by atoms with Gasteiger partial charge in [0.2, 0.25) is 0 Å². The van der Waals surface area contributed by atoms with Crippen LogP contribution < -0.4 is 0 Å². The average Bonchev–Trinajstić information content (AvgIpc) is 2.56. The van der Waals surface area contributed by atoms with E-state index in [1.165, 1.54) is 0 Å². The molecule has 0 aliphatic carbocycles. The van der Waals surface area contributed by atoms with E-state index in [0.717, 1.165) is 0 Å². The van der Waals surface area contributed by atoms with E-state index in [2.05, 4.69) is 0 Å². The Hall–Kier alpha value is -2.18. The fraction of sp³-hybridized carbons (Fsp3) is 0.571. The van der Waals surface area contributed by atoms with E-state index in [9.17, 15) is 87.8 Å². The zero-order valence-corrected chi connectivity index (χ0v) is 14.7. The zero-order chi connectivity index (χ0) is 27.7. The smallest absolute Gasteiger partial charge is 0.191 e. The Labute approximate surface area is 172 Å². The van der Waals surface area contributed by atoms with E-state index in [4.69, 9.17) is 0 Å². The molecule has 34 heavy (non-hydrogen) atoms. The van der Waals surface area contributed by atoms with Gasteiger partial charge in [-0.25, -0.2) is 0 Å². The summed E-state index contributed by atoms with van der Waals surface area (Å²) in [6, 6.07) is -4.49. The Bertz CT molecular complexity index is 759. The van der Waals surface area contributed by atoms with Crippen molar-refractivity contribution in [1.29, 1.82) is 0 Å². The van der Waals surface area contributed by atoms with Gasteiger partial charge in [0.05, 0.1) is 0 Å². The van der Waals surface area contributed by atoms with Crippen LogP contribution in [-0.2, 0) is 23.7 Å². The molecule has 0 bridgehead atoms. The van der Waals surface area contributed by atoms with Crippen molar-refractivity contribution in [1.82, 2.24) is 0 Å². The van der Waals surface area contributed by atoms with E-state index in [-0.39, 0.29) is 0 Å². The van der Waals surface area contributed by atoms with Gasteiger partial charge in [-0.05, 0) is 12.1 Å². The third-order valence-electron chi connectivity index (χ3n) is 3.93. The lowest BCUT2D eigenvalue weighted by molar-refractivity contribution is -0.306. The number of benzene rings is 1. The minimum absolute atomic E-state index is 2.25. The van der Waals surface area contributed by atoms with Crippen LogP contribution in [0.5, 0.6) is 0 Å². The molecule has 0 aromatic heterocycles. The van der Waals surface area contributed by atoms with Crippen molar-refractivity contribution in [2.45, 2.75) is 48.4 Å². The summed E-state index contributed by atoms with van der Waals surface area (Å²) in [6.07, 6.45) is -29.3. The van der Waals surface area contributed by atoms with E-state index >= 15 is 0 Å². The Balaban J connectivity index is 4.50. The van der Waals surface area contributed by atoms with Gasteiger partial charge in [0.1, 0.15) is 0 Å². The van der Waals surface area contributed by atoms with Crippen molar-refractivity contribution < 1.29 is 87.8 Å². The second-order valence-corrected chi connectivity index (χ2v) is 6.23. The van der Waals surface area contributed by atoms with Gasteiger partial charge in [0.25, 0.3) is 0 Å². The highest BCUT2D eigenvalue weighted by Gasteiger charge is 2.70. The van der Waals surface area contributed by atoms with Crippen molar-refractivity contribution in [2.24, 2.45) is 0 Å². The summed E-state index contributed by atoms with van der Waals surface area (Å²) in [7, 11) is 0. The summed E-state index contributed by atoms with van der Waals surface area (Å²) in [5.41, 5.74) is -16.3. The van der Waals surface area contributed by atoms with Gasteiger partial charge in [-0.1, -0.05) is 0 Å². The molecule has 0 aliphatic heterocycles. The monoisotopic (exact) mass is 550 g/mol. The molecular formula is C14H2F20. The van der Waals surface area contributed by atoms with Crippen molar-refractivity contribution >= 4 is 0 Å². The second-order valence-electron chi connectivity index (χ2n) is 6.23. The summed E-state index contributed by atoms with van der Waals surface area (Å²) in [6.45, 7) is 0. The van der Waals surface area contributed by atoms with Crippen LogP contribution in [0.1, 0.15) is 22.3 Å². The van der Waals surface area contributed by atoms with Crippen LogP contribution in [-0.4, -0.2) is 24.7 Å². The fourth-order valence-electron chi connectivity index (χ4n) is 2.25. The molecule has 0 spiro atoms. The Morgan fingerprint density at radius 3 is 0.471 bits per heavy atom. The lowest BCUT2D eigenvalue weighted by Gasteiger charge is -2.32. The molecular weight excluding hydrogens is 548 g/mol. The summed E-state index contributed by atoms with van der Waals surface area (Å²) >= 11 is 0. The number of alkyl halides is 20. The van der Waals surface area contributed by atoms with Crippen molar-refractivity contribution in [2.75, 3.05) is 0 Å². The fourth-order valence-corrected chi connectivity index (χ4v) is 2.25. The molecule has 0 amide bonds. The molecule has 1 rings (SSSR count). The molecule has 0 aliphatic rings. The first-order valence-electron chi connectivity index (χ1n) is 7.43. The SMILES string of the molecule is FC(F)(F)C(F)(F)c1cc(C(F)(F)C(F)(F)F)c(C(F)(F)C(F)(F)F)cc1C(F)(F)C(F)(F)F. The molecule has 0 saturated heterocycles. The van der Waals surface area contributed by atoms with Gasteiger partial charge in [-0.15, -0.1) is 0 Å². The van der Waals surface area contributed by atoms with E-state index in [1.807, 2.05) is 0 Å². The molecule has 1 aromatic rings. The van der Waals surface area contributed by atoms with E-state index in [0.29, 0.717) is 0 Å². The van der Waals surface area contributed by atoms with Gasteiger partial charge in [0, 0.05) is 22.3 Å². The topological polar surface area (TPSA) is 0 Å². The molecule has 0 heterocycles. The van der Waals surface area contributed by atoms with Crippen LogP contribution in [0.25, 0.3) is 0 Å². The number of halogens is 20. The first-order valence-corrected chi connectivity index (χ1v) is 7.43. The lowest BCUT2D eigenvalue weighted by Crippen LogP contribution is -2.44. The molecule has 0 saturated carbocycles. The summed E-state index contributed by atoms with van der Waals surface area (Å²) < 4.78 is 260. The standard InChI is InChI=1S/C14H2F20/c15-7(16,11(23,24)25)3-1-4(8(17,18)12(26,27)28)6(10(21,22)14(32,33)34)2-5(3)9(19,20)13(29,30)31/h1-2H. The highest BCUT2D eigenvalue weighted by Crippen LogP contribution is 2.57. The molecule has 1 aromatic carbocycles. The van der Waals surface area contributed by atoms with Crippen molar-refractivity contribution in [3.05, 3.63) is 34.4 Å². The molecule has 20 heteroatoms. The van der Waals surface area contributed by atoms with Crippen LogP contribution in [0.15, 0.2) is 12.1 Å². The third kappa shape index (κ3) is 4.55. The predicted octanol–water partition coefficient (Wildman–Crippen LogP) is 8.30. The van der Waals surface area contributed by atoms with Crippen LogP contribution in [0, 0.1) is 0 Å². The van der Waals surface area contributed by atoms with Crippen molar-refractivity contribution in [3.63, 3.8) is 0 Å². The first-order chi connectivity index (χ1) is 14.5. The van der Waals surface area contributed by atoms with Gasteiger partial charge >= 0.3 is 48.4 Å². The largest absolute Gasteiger partial charge is 0.458 e. The number of rotatable bonds is 4. The normalized spacial score (nSPS) is 15.6. The summed E-state index contributed by atoms with van der Waals surface area (Å²) in [4.78, 5) is 0. The predicted molar refractivity (Wildman–Crippen MR) is 66.2 cm³/mol. The van der Waals surface area contributed by atoms with Crippen molar-refractivity contribution in [3.8, 4) is 0 Å². The Morgan fingerprint density at radius 2 is 0.382 bits per heavy atom. The molecule has 0 unspecified atom stereocenters. The molecule has 0 N–H and O–H groups in total. The maximum atomic E-state index is 13.6. The van der Waals surface area contributed by atoms with Gasteiger partial charge in [-0.3, -0.25) is 0 Å².